The fraction of sp³-hybridized carbons (Fsp3) is 0.594. The van der Waals surface area contributed by atoms with Crippen LogP contribution >= 0.6 is 22.9 Å². The van der Waals surface area contributed by atoms with Gasteiger partial charge in [-0.3, -0.25) is 10.1 Å². The highest BCUT2D eigenvalue weighted by molar-refractivity contribution is 7.14. The van der Waals surface area contributed by atoms with Crippen molar-refractivity contribution >= 4 is 51.7 Å². The number of halogens is 4. The molecule has 5 heterocycles. The average molecular weight is 697 g/mol. The van der Waals surface area contributed by atoms with E-state index in [0.29, 0.717) is 51.6 Å². The van der Waals surface area contributed by atoms with E-state index in [9.17, 15) is 27.6 Å². The van der Waals surface area contributed by atoms with Crippen LogP contribution in [-0.2, 0) is 28.7 Å². The summed E-state index contributed by atoms with van der Waals surface area (Å²) >= 11 is 7.74. The molecule has 3 saturated heterocycles. The van der Waals surface area contributed by atoms with Crippen LogP contribution in [0.1, 0.15) is 55.2 Å². The highest BCUT2D eigenvalue weighted by atomic mass is 35.5. The molecule has 0 saturated carbocycles. The lowest BCUT2D eigenvalue weighted by Gasteiger charge is -2.40. The maximum Gasteiger partial charge on any atom is 0.418 e. The van der Waals surface area contributed by atoms with Gasteiger partial charge < -0.3 is 29.7 Å². The van der Waals surface area contributed by atoms with Crippen LogP contribution in [0.2, 0.25) is 5.02 Å². The molecule has 2 aromatic rings. The topological polar surface area (TPSA) is 97.5 Å². The summed E-state index contributed by atoms with van der Waals surface area (Å²) in [4.78, 5) is 47.6. The predicted molar refractivity (Wildman–Crippen MR) is 174 cm³/mol. The monoisotopic (exact) mass is 696 g/mol. The van der Waals surface area contributed by atoms with Crippen molar-refractivity contribution in [2.45, 2.75) is 75.9 Å². The molecule has 256 valence electrons. The number of likely N-dealkylation sites (tertiary alicyclic amines) is 3. The summed E-state index contributed by atoms with van der Waals surface area (Å²) in [6.07, 6.45) is -1.99. The van der Waals surface area contributed by atoms with E-state index in [0.717, 1.165) is 42.6 Å². The standard InChI is InChI=1S/C32H40ClF3N6O4S/c1-37-27-24(32(34,35)36)16-20(17-25(27)33)18-26(29(43)40-11-4-22(5-12-40)39-9-2-3-10-39)46-31(45)41-13-6-23(7-14-41)42-19-21-8-15-47-28(21)38-30(42)44/h8,15-17,22-23,26,37H,2-7,9-14,18-19H2,1H3,(H,38,44)/t26-/m1/s1. The second-order valence-electron chi connectivity index (χ2n) is 12.7. The third-order valence-corrected chi connectivity index (χ3v) is 11.0. The molecule has 1 atom stereocenters. The van der Waals surface area contributed by atoms with E-state index in [-0.39, 0.29) is 34.8 Å². The first kappa shape index (κ1) is 33.7. The van der Waals surface area contributed by atoms with Crippen LogP contribution in [0.15, 0.2) is 23.6 Å². The van der Waals surface area contributed by atoms with Crippen molar-refractivity contribution in [3.05, 3.63) is 45.3 Å². The summed E-state index contributed by atoms with van der Waals surface area (Å²) in [5, 5.41) is 8.09. The second-order valence-corrected chi connectivity index (χ2v) is 14.0. The number of nitrogens with one attached hydrogen (secondary N) is 2. The van der Waals surface area contributed by atoms with Gasteiger partial charge in [0.2, 0.25) is 0 Å². The molecule has 10 nitrogen and oxygen atoms in total. The van der Waals surface area contributed by atoms with Gasteiger partial charge in [0, 0.05) is 57.3 Å². The molecule has 1 aromatic heterocycles. The quantitative estimate of drug-likeness (QED) is 0.363. The molecule has 6 rings (SSSR count). The predicted octanol–water partition coefficient (Wildman–Crippen LogP) is 6.11. The maximum absolute atomic E-state index is 13.9. The first-order valence-corrected chi connectivity index (χ1v) is 17.5. The molecule has 4 amide bonds. The number of carbonyl (C=O) groups is 3. The molecular formula is C32H40ClF3N6O4S. The van der Waals surface area contributed by atoms with Gasteiger partial charge in [0.05, 0.1) is 22.8 Å². The molecule has 2 N–H and O–H groups in total. The molecule has 1 aromatic carbocycles. The minimum atomic E-state index is -4.69. The number of piperidine rings is 2. The van der Waals surface area contributed by atoms with E-state index in [1.165, 1.54) is 42.2 Å². The van der Waals surface area contributed by atoms with Crippen LogP contribution < -0.4 is 10.6 Å². The number of benzene rings is 1. The Morgan fingerprint density at radius 3 is 2.36 bits per heavy atom. The highest BCUT2D eigenvalue weighted by Crippen LogP contribution is 2.40. The van der Waals surface area contributed by atoms with E-state index in [1.807, 2.05) is 11.4 Å². The molecule has 3 fully saturated rings. The largest absolute Gasteiger partial charge is 0.436 e. The van der Waals surface area contributed by atoms with Crippen molar-refractivity contribution in [3.63, 3.8) is 0 Å². The summed E-state index contributed by atoms with van der Waals surface area (Å²) < 4.78 is 47.7. The second kappa shape index (κ2) is 14.1. The number of carbonyl (C=O) groups excluding carboxylic acids is 3. The number of amides is 4. The van der Waals surface area contributed by atoms with Crippen molar-refractivity contribution in [1.29, 1.82) is 0 Å². The minimum Gasteiger partial charge on any atom is -0.436 e. The third kappa shape index (κ3) is 7.44. The fourth-order valence-electron chi connectivity index (χ4n) is 7.26. The van der Waals surface area contributed by atoms with Crippen molar-refractivity contribution in [2.75, 3.05) is 56.9 Å². The van der Waals surface area contributed by atoms with Crippen molar-refractivity contribution in [3.8, 4) is 0 Å². The van der Waals surface area contributed by atoms with Crippen molar-refractivity contribution in [1.82, 2.24) is 19.6 Å². The number of anilines is 2. The average Bonchev–Trinajstić information content (AvgIpc) is 3.76. The van der Waals surface area contributed by atoms with Crippen LogP contribution in [0.5, 0.6) is 0 Å². The summed E-state index contributed by atoms with van der Waals surface area (Å²) in [6.45, 7) is 4.20. The van der Waals surface area contributed by atoms with E-state index in [2.05, 4.69) is 15.5 Å². The Morgan fingerprint density at radius 2 is 1.70 bits per heavy atom. The van der Waals surface area contributed by atoms with Crippen LogP contribution in [0.3, 0.4) is 0 Å². The number of alkyl halides is 3. The third-order valence-electron chi connectivity index (χ3n) is 9.81. The smallest absolute Gasteiger partial charge is 0.418 e. The van der Waals surface area contributed by atoms with Gasteiger partial charge in [-0.05, 0) is 80.8 Å². The summed E-state index contributed by atoms with van der Waals surface area (Å²) in [5.41, 5.74) is -0.0158. The minimum absolute atomic E-state index is 0.0740. The van der Waals surface area contributed by atoms with E-state index in [1.54, 1.807) is 9.80 Å². The first-order valence-electron chi connectivity index (χ1n) is 16.2. The number of hydrogen-bond acceptors (Lipinski definition) is 7. The van der Waals surface area contributed by atoms with Crippen molar-refractivity contribution in [2.24, 2.45) is 0 Å². The van der Waals surface area contributed by atoms with Crippen LogP contribution in [0.25, 0.3) is 0 Å². The van der Waals surface area contributed by atoms with Crippen LogP contribution in [0, 0.1) is 0 Å². The number of hydrogen-bond donors (Lipinski definition) is 2. The molecule has 4 aliphatic rings. The lowest BCUT2D eigenvalue weighted by molar-refractivity contribution is -0.142. The lowest BCUT2D eigenvalue weighted by atomic mass is 9.99. The Morgan fingerprint density at radius 1 is 1.04 bits per heavy atom. The molecule has 0 radical (unpaired) electrons. The molecule has 4 aliphatic heterocycles. The highest BCUT2D eigenvalue weighted by Gasteiger charge is 2.39. The van der Waals surface area contributed by atoms with Gasteiger partial charge in [0.1, 0.15) is 5.00 Å². The van der Waals surface area contributed by atoms with Crippen LogP contribution in [0.4, 0.5) is 33.4 Å². The van der Waals surface area contributed by atoms with Crippen LogP contribution in [-0.4, -0.2) is 102 Å². The molecule has 47 heavy (non-hydrogen) atoms. The van der Waals surface area contributed by atoms with Gasteiger partial charge in [0.25, 0.3) is 5.91 Å². The molecular weight excluding hydrogens is 657 g/mol. The molecule has 0 unspecified atom stereocenters. The zero-order valence-corrected chi connectivity index (χ0v) is 27.9. The van der Waals surface area contributed by atoms with Gasteiger partial charge >= 0.3 is 18.3 Å². The van der Waals surface area contributed by atoms with Crippen molar-refractivity contribution < 1.29 is 32.3 Å². The molecule has 0 aliphatic carbocycles. The number of thiophene rings is 1. The molecule has 0 bridgehead atoms. The summed E-state index contributed by atoms with van der Waals surface area (Å²) in [7, 11) is 1.36. The Hall–Kier alpha value is -3.23. The maximum atomic E-state index is 13.9. The number of rotatable bonds is 7. The Bertz CT molecular complexity index is 1470. The van der Waals surface area contributed by atoms with Gasteiger partial charge in [-0.15, -0.1) is 11.3 Å². The Balaban J connectivity index is 1.15. The zero-order valence-electron chi connectivity index (χ0n) is 26.3. The summed E-state index contributed by atoms with van der Waals surface area (Å²) in [6, 6.07) is 4.47. The van der Waals surface area contributed by atoms with Gasteiger partial charge in [0.15, 0.2) is 6.10 Å². The fourth-order valence-corrected chi connectivity index (χ4v) is 8.39. The lowest BCUT2D eigenvalue weighted by Crippen LogP contribution is -2.52. The zero-order chi connectivity index (χ0) is 33.3. The normalized spacial score (nSPS) is 20.6. The Kier molecular flexibility index (Phi) is 10.1. The number of ether oxygens (including phenoxy) is 1. The number of urea groups is 1. The van der Waals surface area contributed by atoms with E-state index >= 15 is 0 Å². The van der Waals surface area contributed by atoms with Gasteiger partial charge in [-0.1, -0.05) is 11.6 Å². The molecule has 15 heteroatoms. The number of fused-ring (bicyclic) bond motifs is 1. The molecule has 0 spiro atoms. The first-order chi connectivity index (χ1) is 22.5. The van der Waals surface area contributed by atoms with E-state index in [4.69, 9.17) is 16.3 Å². The number of nitrogens with zero attached hydrogens (tertiary/aromatic N) is 4. The Labute approximate surface area is 281 Å². The van der Waals surface area contributed by atoms with Gasteiger partial charge in [-0.25, -0.2) is 9.59 Å². The van der Waals surface area contributed by atoms with E-state index < -0.39 is 29.8 Å². The summed E-state index contributed by atoms with van der Waals surface area (Å²) in [5.74, 6) is -0.424. The van der Waals surface area contributed by atoms with Gasteiger partial charge in [-0.2, -0.15) is 13.2 Å². The SMILES string of the molecule is CNc1c(Cl)cc(C[C@@H](OC(=O)N2CCC(N3Cc4ccsc4NC3=O)CC2)C(=O)N2CCC(N3CCCC3)CC2)cc1C(F)(F)F.